The minimum absolute atomic E-state index is 0.0643. The zero-order valence-electron chi connectivity index (χ0n) is 18.1. The van der Waals surface area contributed by atoms with Gasteiger partial charge in [-0.15, -0.1) is 0 Å². The molecule has 1 aliphatic carbocycles. The van der Waals surface area contributed by atoms with Crippen LogP contribution in [0.1, 0.15) is 24.0 Å². The van der Waals surface area contributed by atoms with Crippen molar-refractivity contribution in [2.45, 2.75) is 30.6 Å². The number of fused-ring (bicyclic) bond motifs is 2. The van der Waals surface area contributed by atoms with Gasteiger partial charge in [-0.3, -0.25) is 9.82 Å². The van der Waals surface area contributed by atoms with Gasteiger partial charge in [0, 0.05) is 18.3 Å². The second-order valence-corrected chi connectivity index (χ2v) is 9.40. The number of nitrogens with one attached hydrogen (secondary N) is 3. The van der Waals surface area contributed by atoms with E-state index in [2.05, 4.69) is 25.4 Å². The molecule has 4 aromatic rings. The number of rotatable bonds is 7. The van der Waals surface area contributed by atoms with Crippen LogP contribution in [0.5, 0.6) is 11.5 Å². The maximum absolute atomic E-state index is 13.3. The van der Waals surface area contributed by atoms with Crippen molar-refractivity contribution in [3.05, 3.63) is 47.7 Å². The molecule has 2 aromatic carbocycles. The summed E-state index contributed by atoms with van der Waals surface area (Å²) in [4.78, 5) is 0.0746. The van der Waals surface area contributed by atoms with Crippen LogP contribution in [0.15, 0.2) is 45.9 Å². The number of hydrogen-bond donors (Lipinski definition) is 3. The van der Waals surface area contributed by atoms with E-state index in [9.17, 15) is 8.42 Å². The fraction of sp³-hybridized carbons (Fsp3) is 0.273. The Bertz CT molecular complexity index is 1410. The lowest BCUT2D eigenvalue weighted by Crippen LogP contribution is -2.16. The molecule has 0 fully saturated rings. The van der Waals surface area contributed by atoms with Crippen molar-refractivity contribution in [2.24, 2.45) is 0 Å². The first-order chi connectivity index (χ1) is 16.0. The third-order valence-corrected chi connectivity index (χ3v) is 7.06. The first kappa shape index (κ1) is 21.1. The molecule has 172 valence electrons. The van der Waals surface area contributed by atoms with Crippen molar-refractivity contribution >= 4 is 38.3 Å². The summed E-state index contributed by atoms with van der Waals surface area (Å²) in [6.07, 6.45) is 5.57. The Kier molecular flexibility index (Phi) is 5.33. The summed E-state index contributed by atoms with van der Waals surface area (Å²) in [5.74, 6) is 1.43. The van der Waals surface area contributed by atoms with Crippen LogP contribution in [0.25, 0.3) is 11.0 Å². The number of methoxy groups -OCH3 is 2. The highest BCUT2D eigenvalue weighted by molar-refractivity contribution is 7.92. The monoisotopic (exact) mass is 469 g/mol. The minimum atomic E-state index is -3.99. The van der Waals surface area contributed by atoms with Crippen molar-refractivity contribution in [3.63, 3.8) is 0 Å². The van der Waals surface area contributed by atoms with Gasteiger partial charge in [0.1, 0.15) is 16.4 Å². The fourth-order valence-corrected chi connectivity index (χ4v) is 5.28. The number of aryl methyl sites for hydroxylation is 2. The molecule has 1 aliphatic rings. The number of aromatic nitrogens is 3. The molecule has 0 unspecified atom stereocenters. The van der Waals surface area contributed by atoms with Gasteiger partial charge in [0.15, 0.2) is 17.2 Å². The Balaban J connectivity index is 1.51. The summed E-state index contributed by atoms with van der Waals surface area (Å²) in [6, 6.07) is 8.61. The van der Waals surface area contributed by atoms with E-state index in [1.165, 1.54) is 14.2 Å². The van der Waals surface area contributed by atoms with Gasteiger partial charge in [-0.2, -0.15) is 5.10 Å². The quantitative estimate of drug-likeness (QED) is 0.370. The van der Waals surface area contributed by atoms with E-state index in [0.717, 1.165) is 36.8 Å². The number of H-pyrrole nitrogens is 1. The van der Waals surface area contributed by atoms with E-state index < -0.39 is 10.0 Å². The van der Waals surface area contributed by atoms with Crippen LogP contribution in [0.2, 0.25) is 0 Å². The van der Waals surface area contributed by atoms with Crippen molar-refractivity contribution in [2.75, 3.05) is 24.3 Å². The van der Waals surface area contributed by atoms with E-state index in [-0.39, 0.29) is 10.7 Å². The summed E-state index contributed by atoms with van der Waals surface area (Å²) < 4.78 is 45.5. The number of ether oxygens (including phenoxy) is 2. The molecule has 0 spiro atoms. The third kappa shape index (κ3) is 3.95. The maximum Gasteiger partial charge on any atom is 0.266 e. The second-order valence-electron chi connectivity index (χ2n) is 7.75. The summed E-state index contributed by atoms with van der Waals surface area (Å²) in [5, 5.41) is 14.3. The maximum atomic E-state index is 13.3. The normalized spacial score (nSPS) is 13.5. The van der Waals surface area contributed by atoms with Gasteiger partial charge in [0.2, 0.25) is 0 Å². The second kappa shape index (κ2) is 8.32. The standard InChI is InChI=1S/C22H23N5O5S/c1-30-18-11-15-17(12-16(18)24-21-7-8-23-25-21)32-26-22(15)27-33(28,29)20-10-14-6-4-3-5-13(14)9-19(20)31-2/h7-12H,3-6H2,1-2H3,(H,26,27)(H2,23,24,25). The highest BCUT2D eigenvalue weighted by Gasteiger charge is 2.26. The first-order valence-electron chi connectivity index (χ1n) is 10.5. The first-order valence-corrected chi connectivity index (χ1v) is 11.9. The summed E-state index contributed by atoms with van der Waals surface area (Å²) in [6.45, 7) is 0. The summed E-state index contributed by atoms with van der Waals surface area (Å²) >= 11 is 0. The van der Waals surface area contributed by atoms with Crippen LogP contribution >= 0.6 is 0 Å². The lowest BCUT2D eigenvalue weighted by Gasteiger charge is -2.19. The molecule has 0 atom stereocenters. The molecule has 2 aromatic heterocycles. The Morgan fingerprint density at radius 2 is 1.79 bits per heavy atom. The van der Waals surface area contributed by atoms with Crippen LogP contribution in [0, 0.1) is 0 Å². The Labute approximate surface area is 190 Å². The summed E-state index contributed by atoms with van der Waals surface area (Å²) in [7, 11) is -1.00. The predicted molar refractivity (Wildman–Crippen MR) is 123 cm³/mol. The topological polar surface area (TPSA) is 131 Å². The van der Waals surface area contributed by atoms with Gasteiger partial charge >= 0.3 is 0 Å². The molecule has 5 rings (SSSR count). The van der Waals surface area contributed by atoms with Crippen LogP contribution in [-0.4, -0.2) is 38.0 Å². The zero-order chi connectivity index (χ0) is 23.0. The third-order valence-electron chi connectivity index (χ3n) is 5.70. The minimum Gasteiger partial charge on any atom is -0.495 e. The van der Waals surface area contributed by atoms with Gasteiger partial charge in [0.05, 0.1) is 25.3 Å². The number of aromatic amines is 1. The largest absolute Gasteiger partial charge is 0.495 e. The lowest BCUT2D eigenvalue weighted by molar-refractivity contribution is 0.401. The van der Waals surface area contributed by atoms with Crippen molar-refractivity contribution < 1.29 is 22.4 Å². The van der Waals surface area contributed by atoms with Gasteiger partial charge < -0.3 is 19.3 Å². The van der Waals surface area contributed by atoms with Gasteiger partial charge in [0.25, 0.3) is 10.0 Å². The highest BCUT2D eigenvalue weighted by Crippen LogP contribution is 2.37. The van der Waals surface area contributed by atoms with Crippen LogP contribution in [0.4, 0.5) is 17.3 Å². The molecule has 0 radical (unpaired) electrons. The average molecular weight is 470 g/mol. The molecular formula is C22H23N5O5S. The van der Waals surface area contributed by atoms with E-state index in [1.54, 1.807) is 30.5 Å². The molecule has 0 bridgehead atoms. The molecule has 2 heterocycles. The zero-order valence-corrected chi connectivity index (χ0v) is 19.0. The van der Waals surface area contributed by atoms with Crippen molar-refractivity contribution in [1.82, 2.24) is 15.4 Å². The van der Waals surface area contributed by atoms with E-state index in [0.29, 0.717) is 34.0 Å². The molecule has 10 nitrogen and oxygen atoms in total. The molecule has 11 heteroatoms. The molecule has 0 amide bonds. The SMILES string of the molecule is COc1cc2c(NS(=O)(=O)c3cc4c(cc3OC)CCCC4)noc2cc1Nc1cc[nH]n1. The number of benzene rings is 2. The number of nitrogens with zero attached hydrogens (tertiary/aromatic N) is 2. The average Bonchev–Trinajstić information content (AvgIpc) is 3.47. The molecule has 33 heavy (non-hydrogen) atoms. The lowest BCUT2D eigenvalue weighted by atomic mass is 9.92. The molecule has 3 N–H and O–H groups in total. The van der Waals surface area contributed by atoms with E-state index in [4.69, 9.17) is 14.0 Å². The predicted octanol–water partition coefficient (Wildman–Crippen LogP) is 3.99. The molecule has 0 aliphatic heterocycles. The number of sulfonamides is 1. The van der Waals surface area contributed by atoms with Gasteiger partial charge in [-0.25, -0.2) is 8.42 Å². The number of anilines is 3. The van der Waals surface area contributed by atoms with Crippen molar-refractivity contribution in [1.29, 1.82) is 0 Å². The smallest absolute Gasteiger partial charge is 0.266 e. The van der Waals surface area contributed by atoms with E-state index >= 15 is 0 Å². The van der Waals surface area contributed by atoms with Gasteiger partial charge in [-0.1, -0.05) is 5.16 Å². The number of hydrogen-bond acceptors (Lipinski definition) is 8. The van der Waals surface area contributed by atoms with Crippen LogP contribution < -0.4 is 19.5 Å². The molecule has 0 saturated carbocycles. The summed E-state index contributed by atoms with van der Waals surface area (Å²) in [5.41, 5.74) is 3.14. The van der Waals surface area contributed by atoms with Crippen molar-refractivity contribution in [3.8, 4) is 11.5 Å². The highest BCUT2D eigenvalue weighted by atomic mass is 32.2. The van der Waals surface area contributed by atoms with Crippen LogP contribution in [-0.2, 0) is 22.9 Å². The van der Waals surface area contributed by atoms with E-state index in [1.807, 2.05) is 6.07 Å². The van der Waals surface area contributed by atoms with Crippen LogP contribution in [0.3, 0.4) is 0 Å². The van der Waals surface area contributed by atoms with Gasteiger partial charge in [-0.05, 0) is 55.0 Å². The Hall–Kier alpha value is -3.73. The fourth-order valence-electron chi connectivity index (χ4n) is 4.06. The molecular weight excluding hydrogens is 446 g/mol. The molecule has 0 saturated heterocycles. The Morgan fingerprint density at radius 3 is 2.48 bits per heavy atom. The Morgan fingerprint density at radius 1 is 1.03 bits per heavy atom.